The molecule has 2 aromatic carbocycles. The van der Waals surface area contributed by atoms with Crippen molar-refractivity contribution in [2.45, 2.75) is 64.6 Å². The zero-order valence-corrected chi connectivity index (χ0v) is 26.9. The maximum absolute atomic E-state index is 17.1. The van der Waals surface area contributed by atoms with Crippen LogP contribution >= 0.6 is 0 Å². The Hall–Kier alpha value is -4.58. The van der Waals surface area contributed by atoms with Gasteiger partial charge in [-0.05, 0) is 89.9 Å². The van der Waals surface area contributed by atoms with Crippen LogP contribution in [0.25, 0.3) is 44.0 Å². The summed E-state index contributed by atoms with van der Waals surface area (Å²) >= 11 is 0. The number of hydrogen-bond donors (Lipinski definition) is 0. The molecule has 0 saturated carbocycles. The van der Waals surface area contributed by atoms with Gasteiger partial charge in [-0.2, -0.15) is 0 Å². The van der Waals surface area contributed by atoms with E-state index in [1.165, 1.54) is 11.0 Å². The Morgan fingerprint density at radius 3 is 2.45 bits per heavy atom. The Morgan fingerprint density at radius 1 is 1.00 bits per heavy atom. The lowest BCUT2D eigenvalue weighted by Gasteiger charge is -2.31. The van der Waals surface area contributed by atoms with Gasteiger partial charge in [-0.3, -0.25) is 14.7 Å². The molecule has 0 radical (unpaired) electrons. The molecule has 3 aromatic heterocycles. The van der Waals surface area contributed by atoms with Gasteiger partial charge in [-0.15, -0.1) is 5.10 Å². The van der Waals surface area contributed by atoms with Crippen LogP contribution in [0.5, 0.6) is 5.88 Å². The fraction of sp³-hybridized carbons (Fsp3) is 0.400. The highest BCUT2D eigenvalue weighted by atomic mass is 19.1. The summed E-state index contributed by atoms with van der Waals surface area (Å²) in [6.45, 7) is 10.2. The largest absolute Gasteiger partial charge is 0.471 e. The molecule has 2 fully saturated rings. The first-order chi connectivity index (χ1) is 22.5. The molecule has 9 nitrogen and oxygen atoms in total. The molecule has 5 heterocycles. The summed E-state index contributed by atoms with van der Waals surface area (Å²) in [6, 6.07) is 8.37. The molecular formula is C35H36F3N7O2. The van der Waals surface area contributed by atoms with E-state index in [0.29, 0.717) is 64.5 Å². The van der Waals surface area contributed by atoms with Crippen molar-refractivity contribution in [2.24, 2.45) is 0 Å². The number of piperidine rings is 1. The molecule has 0 bridgehead atoms. The quantitative estimate of drug-likeness (QED) is 0.193. The van der Waals surface area contributed by atoms with Crippen molar-refractivity contribution in [1.82, 2.24) is 34.8 Å². The number of benzene rings is 2. The fourth-order valence-corrected chi connectivity index (χ4v) is 7.31. The summed E-state index contributed by atoms with van der Waals surface area (Å²) in [5.41, 5.74) is 2.64. The Balaban J connectivity index is 1.42. The standard InChI is InChI=1S/C35H36F3N7O2/c1-18-17-24-31(29(38)27(18)28-25(37)11-10-22-9-8-19(2)39-30(22)28)40-34(47-21(4)26-7-6-14-43(26)5)32-33(24)45(42-41-32)23-12-15-44(16-13-23)35(46)20(3)36/h8-11,17,21,23,26H,3,6-7,12-16H2,1-2,4-5H3/t21-,26?/m0/s1. The van der Waals surface area contributed by atoms with Crippen LogP contribution in [0.15, 0.2) is 42.7 Å². The van der Waals surface area contributed by atoms with Crippen LogP contribution in [0.3, 0.4) is 0 Å². The molecular weight excluding hydrogens is 607 g/mol. The molecule has 2 aliphatic heterocycles. The number of hydrogen-bond acceptors (Lipinski definition) is 7. The maximum Gasteiger partial charge on any atom is 0.281 e. The number of likely N-dealkylation sites (N-methyl/N-ethyl adjacent to an activating group) is 1. The van der Waals surface area contributed by atoms with Gasteiger partial charge in [-0.25, -0.2) is 22.8 Å². The van der Waals surface area contributed by atoms with Gasteiger partial charge in [0, 0.05) is 46.7 Å². The molecule has 2 atom stereocenters. The molecule has 47 heavy (non-hydrogen) atoms. The van der Waals surface area contributed by atoms with E-state index in [4.69, 9.17) is 9.72 Å². The van der Waals surface area contributed by atoms with Gasteiger partial charge in [-0.1, -0.05) is 17.9 Å². The summed E-state index contributed by atoms with van der Waals surface area (Å²) in [6.07, 6.45) is 2.68. The lowest BCUT2D eigenvalue weighted by Crippen LogP contribution is -2.39. The third-order valence-electron chi connectivity index (χ3n) is 9.75. The minimum atomic E-state index is -0.995. The van der Waals surface area contributed by atoms with E-state index in [2.05, 4.69) is 33.8 Å². The molecule has 2 aliphatic rings. The average Bonchev–Trinajstić information content (AvgIpc) is 3.69. The summed E-state index contributed by atoms with van der Waals surface area (Å²) in [5, 5.41) is 10.2. The van der Waals surface area contributed by atoms with Gasteiger partial charge < -0.3 is 9.64 Å². The smallest absolute Gasteiger partial charge is 0.281 e. The number of halogens is 3. The number of aryl methyl sites for hydroxylation is 2. The van der Waals surface area contributed by atoms with E-state index >= 15 is 8.78 Å². The number of ether oxygens (including phenoxy) is 1. The summed E-state index contributed by atoms with van der Waals surface area (Å²) in [7, 11) is 2.05. The summed E-state index contributed by atoms with van der Waals surface area (Å²) < 4.78 is 54.5. The SMILES string of the molecule is C=C(F)C(=O)N1CCC(n2nnc3c(O[C@@H](C)C4CCCN4C)nc4c(F)c(-c5c(F)ccc6ccc(C)nc56)c(C)cc4c32)CC1. The fourth-order valence-electron chi connectivity index (χ4n) is 7.31. The van der Waals surface area contributed by atoms with E-state index in [1.807, 2.05) is 26.0 Å². The zero-order valence-electron chi connectivity index (χ0n) is 26.9. The first-order valence-corrected chi connectivity index (χ1v) is 16.0. The van der Waals surface area contributed by atoms with Gasteiger partial charge in [0.25, 0.3) is 5.91 Å². The van der Waals surface area contributed by atoms with Crippen molar-refractivity contribution in [3.63, 3.8) is 0 Å². The first-order valence-electron chi connectivity index (χ1n) is 16.0. The molecule has 244 valence electrons. The van der Waals surface area contributed by atoms with Crippen molar-refractivity contribution >= 4 is 38.7 Å². The van der Waals surface area contributed by atoms with Gasteiger partial charge >= 0.3 is 0 Å². The van der Waals surface area contributed by atoms with Gasteiger partial charge in [0.1, 0.15) is 23.0 Å². The highest BCUT2D eigenvalue weighted by Crippen LogP contribution is 2.41. The third kappa shape index (κ3) is 5.28. The number of carbonyl (C=O) groups excluding carboxylic acids is 1. The average molecular weight is 644 g/mol. The molecule has 12 heteroatoms. The predicted octanol–water partition coefficient (Wildman–Crippen LogP) is 6.60. The number of fused-ring (bicyclic) bond motifs is 4. The Bertz CT molecular complexity index is 2070. The van der Waals surface area contributed by atoms with E-state index in [0.717, 1.165) is 19.4 Å². The lowest BCUT2D eigenvalue weighted by molar-refractivity contribution is -0.129. The van der Waals surface area contributed by atoms with Gasteiger partial charge in [0.05, 0.1) is 11.6 Å². The number of nitrogens with zero attached hydrogens (tertiary/aromatic N) is 7. The van der Waals surface area contributed by atoms with E-state index in [-0.39, 0.29) is 40.7 Å². The summed E-state index contributed by atoms with van der Waals surface area (Å²) in [4.78, 5) is 25.2. The van der Waals surface area contributed by atoms with Crippen LogP contribution < -0.4 is 4.74 Å². The molecule has 0 aliphatic carbocycles. The zero-order chi connectivity index (χ0) is 33.1. The van der Waals surface area contributed by atoms with E-state index in [1.54, 1.807) is 23.7 Å². The van der Waals surface area contributed by atoms with Crippen molar-refractivity contribution < 1.29 is 22.7 Å². The second kappa shape index (κ2) is 11.9. The van der Waals surface area contributed by atoms with Gasteiger partial charge in [0.2, 0.25) is 5.88 Å². The van der Waals surface area contributed by atoms with Crippen LogP contribution in [0, 0.1) is 25.5 Å². The topological polar surface area (TPSA) is 89.3 Å². The van der Waals surface area contributed by atoms with Crippen LogP contribution in [0.1, 0.15) is 49.9 Å². The predicted molar refractivity (Wildman–Crippen MR) is 174 cm³/mol. The van der Waals surface area contributed by atoms with Crippen LogP contribution in [-0.4, -0.2) is 79.5 Å². The Labute approximate surface area is 270 Å². The number of carbonyl (C=O) groups is 1. The monoisotopic (exact) mass is 643 g/mol. The normalized spacial score (nSPS) is 18.4. The van der Waals surface area contributed by atoms with Gasteiger partial charge in [0.15, 0.2) is 17.2 Å². The summed E-state index contributed by atoms with van der Waals surface area (Å²) in [5.74, 6) is -2.85. The first kappa shape index (κ1) is 31.0. The highest BCUT2D eigenvalue weighted by molar-refractivity contribution is 6.07. The van der Waals surface area contributed by atoms with Crippen molar-refractivity contribution in [3.8, 4) is 17.0 Å². The highest BCUT2D eigenvalue weighted by Gasteiger charge is 2.32. The van der Waals surface area contributed by atoms with E-state index in [9.17, 15) is 9.18 Å². The molecule has 1 amide bonds. The maximum atomic E-state index is 17.1. The Morgan fingerprint density at radius 2 is 1.74 bits per heavy atom. The van der Waals surface area contributed by atoms with Crippen LogP contribution in [-0.2, 0) is 4.79 Å². The number of rotatable bonds is 6. The number of likely N-dealkylation sites (tertiary alicyclic amines) is 2. The molecule has 2 saturated heterocycles. The molecule has 1 unspecified atom stereocenters. The number of amides is 1. The van der Waals surface area contributed by atoms with Crippen molar-refractivity contribution in [2.75, 3.05) is 26.7 Å². The molecule has 0 spiro atoms. The van der Waals surface area contributed by atoms with Crippen molar-refractivity contribution in [3.05, 3.63) is 65.6 Å². The number of pyridine rings is 2. The molecule has 0 N–H and O–H groups in total. The molecule has 7 rings (SSSR count). The minimum absolute atomic E-state index is 0.00836. The van der Waals surface area contributed by atoms with Crippen LogP contribution in [0.4, 0.5) is 13.2 Å². The molecule has 5 aromatic rings. The third-order valence-corrected chi connectivity index (χ3v) is 9.75. The Kier molecular flexibility index (Phi) is 7.86. The second-order valence-corrected chi connectivity index (χ2v) is 12.8. The minimum Gasteiger partial charge on any atom is -0.471 e. The van der Waals surface area contributed by atoms with Crippen LogP contribution in [0.2, 0.25) is 0 Å². The van der Waals surface area contributed by atoms with E-state index < -0.39 is 23.4 Å². The second-order valence-electron chi connectivity index (χ2n) is 12.8. The lowest BCUT2D eigenvalue weighted by atomic mass is 9.94. The van der Waals surface area contributed by atoms with Crippen molar-refractivity contribution in [1.29, 1.82) is 0 Å². The number of aromatic nitrogens is 5.